The number of nitrogens with zero attached hydrogens (tertiary/aromatic N) is 1. The number of carbonyl (C=O) groups is 2. The minimum Gasteiger partial charge on any atom is -0.489 e. The van der Waals surface area contributed by atoms with Crippen LogP contribution in [0.2, 0.25) is 5.02 Å². The highest BCUT2D eigenvalue weighted by Crippen LogP contribution is 2.16. The average molecular weight is 543 g/mol. The van der Waals surface area contributed by atoms with Gasteiger partial charge in [0, 0.05) is 15.1 Å². The molecule has 8 heteroatoms. The van der Waals surface area contributed by atoms with Crippen molar-refractivity contribution < 1.29 is 14.3 Å². The van der Waals surface area contributed by atoms with E-state index in [1.807, 2.05) is 62.4 Å². The fraction of sp³-hybridized carbons (Fsp3) is 0.192. The van der Waals surface area contributed by atoms with Crippen molar-refractivity contribution in [1.29, 1.82) is 0 Å². The van der Waals surface area contributed by atoms with E-state index in [1.54, 1.807) is 24.3 Å². The molecule has 2 N–H and O–H groups in total. The molecule has 1 atom stereocenters. The fourth-order valence-corrected chi connectivity index (χ4v) is 3.48. The molecule has 0 bridgehead atoms. The van der Waals surface area contributed by atoms with Gasteiger partial charge in [-0.15, -0.1) is 0 Å². The van der Waals surface area contributed by atoms with Crippen LogP contribution in [0.5, 0.6) is 5.75 Å². The number of benzene rings is 3. The second kappa shape index (κ2) is 12.3. The molecule has 0 aromatic heterocycles. The number of amides is 2. The largest absolute Gasteiger partial charge is 0.489 e. The van der Waals surface area contributed by atoms with Crippen LogP contribution in [0.4, 0.5) is 0 Å². The van der Waals surface area contributed by atoms with Crippen LogP contribution in [-0.4, -0.2) is 24.1 Å². The first-order chi connectivity index (χ1) is 16.3. The molecule has 0 heterocycles. The van der Waals surface area contributed by atoms with Crippen LogP contribution < -0.4 is 15.5 Å². The lowest BCUT2D eigenvalue weighted by atomic mass is 10.0. The van der Waals surface area contributed by atoms with Crippen LogP contribution in [0, 0.1) is 5.92 Å². The van der Waals surface area contributed by atoms with Gasteiger partial charge in [0.2, 0.25) is 0 Å². The molecule has 6 nitrogen and oxygen atoms in total. The van der Waals surface area contributed by atoms with E-state index >= 15 is 0 Å². The second-order valence-electron chi connectivity index (χ2n) is 7.92. The van der Waals surface area contributed by atoms with Gasteiger partial charge in [0.15, 0.2) is 0 Å². The molecule has 0 aliphatic carbocycles. The predicted molar refractivity (Wildman–Crippen MR) is 138 cm³/mol. The Bertz CT molecular complexity index is 1150. The molecular weight excluding hydrogens is 518 g/mol. The molecule has 0 radical (unpaired) electrons. The van der Waals surface area contributed by atoms with Gasteiger partial charge in [0.25, 0.3) is 11.8 Å². The molecule has 3 aromatic rings. The average Bonchev–Trinajstić information content (AvgIpc) is 2.82. The van der Waals surface area contributed by atoms with Crippen molar-refractivity contribution >= 4 is 45.6 Å². The lowest BCUT2D eigenvalue weighted by Crippen LogP contribution is -2.48. The van der Waals surface area contributed by atoms with Gasteiger partial charge < -0.3 is 10.1 Å². The van der Waals surface area contributed by atoms with E-state index < -0.39 is 11.9 Å². The van der Waals surface area contributed by atoms with Gasteiger partial charge in [-0.25, -0.2) is 5.43 Å². The third kappa shape index (κ3) is 7.71. The van der Waals surface area contributed by atoms with E-state index in [9.17, 15) is 9.59 Å². The highest BCUT2D eigenvalue weighted by molar-refractivity contribution is 9.10. The van der Waals surface area contributed by atoms with Crippen molar-refractivity contribution in [3.63, 3.8) is 0 Å². The lowest BCUT2D eigenvalue weighted by Gasteiger charge is -2.20. The Morgan fingerprint density at radius 2 is 1.76 bits per heavy atom. The SMILES string of the molecule is CC(C)C(NC(=O)c1cccc(Cl)c1)C(=O)NN=Cc1ccc(OCc2ccc(Br)cc2)cc1. The normalized spacial score (nSPS) is 11.9. The number of rotatable bonds is 9. The van der Waals surface area contributed by atoms with Gasteiger partial charge in [-0.3, -0.25) is 9.59 Å². The Labute approximate surface area is 212 Å². The Kier molecular flexibility index (Phi) is 9.24. The van der Waals surface area contributed by atoms with Gasteiger partial charge in [-0.2, -0.15) is 5.10 Å². The van der Waals surface area contributed by atoms with Crippen molar-refractivity contribution in [1.82, 2.24) is 10.7 Å². The number of hydrogen-bond donors (Lipinski definition) is 2. The highest BCUT2D eigenvalue weighted by atomic mass is 79.9. The zero-order valence-electron chi connectivity index (χ0n) is 18.8. The molecule has 0 aliphatic heterocycles. The number of ether oxygens (including phenoxy) is 1. The molecular formula is C26H25BrClN3O3. The molecule has 3 rings (SSSR count). The summed E-state index contributed by atoms with van der Waals surface area (Å²) in [5, 5.41) is 7.22. The van der Waals surface area contributed by atoms with E-state index in [1.165, 1.54) is 6.21 Å². The Hall–Kier alpha value is -3.16. The maximum Gasteiger partial charge on any atom is 0.262 e. The quantitative estimate of drug-likeness (QED) is 0.273. The third-order valence-corrected chi connectivity index (χ3v) is 5.67. The van der Waals surface area contributed by atoms with E-state index in [2.05, 4.69) is 31.8 Å². The smallest absolute Gasteiger partial charge is 0.262 e. The summed E-state index contributed by atoms with van der Waals surface area (Å²) in [6.07, 6.45) is 1.53. The topological polar surface area (TPSA) is 79.8 Å². The number of nitrogens with one attached hydrogen (secondary N) is 2. The lowest BCUT2D eigenvalue weighted by molar-refractivity contribution is -0.123. The van der Waals surface area contributed by atoms with E-state index in [0.717, 1.165) is 21.3 Å². The minimum absolute atomic E-state index is 0.138. The number of hydrazone groups is 1. The van der Waals surface area contributed by atoms with Crippen molar-refractivity contribution in [2.75, 3.05) is 0 Å². The van der Waals surface area contributed by atoms with Gasteiger partial charge in [-0.1, -0.05) is 59.6 Å². The summed E-state index contributed by atoms with van der Waals surface area (Å²) in [5.74, 6) is -0.191. The molecule has 0 saturated heterocycles. The maximum absolute atomic E-state index is 12.6. The summed E-state index contributed by atoms with van der Waals surface area (Å²) in [7, 11) is 0. The third-order valence-electron chi connectivity index (χ3n) is 4.91. The second-order valence-corrected chi connectivity index (χ2v) is 9.28. The molecule has 34 heavy (non-hydrogen) atoms. The number of halogens is 2. The zero-order chi connectivity index (χ0) is 24.5. The van der Waals surface area contributed by atoms with Crippen molar-refractivity contribution in [2.45, 2.75) is 26.5 Å². The molecule has 0 spiro atoms. The summed E-state index contributed by atoms with van der Waals surface area (Å²) in [5.41, 5.74) is 4.75. The monoisotopic (exact) mass is 541 g/mol. The van der Waals surface area contributed by atoms with Crippen LogP contribution >= 0.6 is 27.5 Å². The first-order valence-corrected chi connectivity index (χ1v) is 11.9. The maximum atomic E-state index is 12.6. The Morgan fingerprint density at radius 3 is 2.41 bits per heavy atom. The van der Waals surface area contributed by atoms with E-state index in [-0.39, 0.29) is 11.8 Å². The molecule has 2 amide bonds. The van der Waals surface area contributed by atoms with Crippen molar-refractivity contribution in [3.8, 4) is 5.75 Å². The zero-order valence-corrected chi connectivity index (χ0v) is 21.1. The number of carbonyl (C=O) groups excluding carboxylic acids is 2. The van der Waals surface area contributed by atoms with Crippen LogP contribution in [-0.2, 0) is 11.4 Å². The first-order valence-electron chi connectivity index (χ1n) is 10.7. The van der Waals surface area contributed by atoms with E-state index in [4.69, 9.17) is 16.3 Å². The van der Waals surface area contributed by atoms with Gasteiger partial charge in [0.1, 0.15) is 18.4 Å². The van der Waals surface area contributed by atoms with Gasteiger partial charge in [0.05, 0.1) is 6.21 Å². The van der Waals surface area contributed by atoms with E-state index in [0.29, 0.717) is 17.2 Å². The predicted octanol–water partition coefficient (Wildman–Crippen LogP) is 5.59. The molecule has 3 aromatic carbocycles. The standard InChI is InChI=1S/C26H25BrClN3O3/c1-17(2)24(30-25(32)20-4-3-5-22(28)14-20)26(33)31-29-15-18-8-12-23(13-9-18)34-16-19-6-10-21(27)11-7-19/h3-15,17,24H,16H2,1-2H3,(H,30,32)(H,31,33). The van der Waals surface area contributed by atoms with Crippen molar-refractivity contribution in [3.05, 3.63) is 99.0 Å². The van der Waals surface area contributed by atoms with Crippen LogP contribution in [0.25, 0.3) is 0 Å². The van der Waals surface area contributed by atoms with Crippen LogP contribution in [0.3, 0.4) is 0 Å². The minimum atomic E-state index is -0.752. The summed E-state index contributed by atoms with van der Waals surface area (Å²) >= 11 is 9.36. The Balaban J connectivity index is 1.52. The highest BCUT2D eigenvalue weighted by Gasteiger charge is 2.24. The molecule has 0 fully saturated rings. The molecule has 1 unspecified atom stereocenters. The van der Waals surface area contributed by atoms with Crippen molar-refractivity contribution in [2.24, 2.45) is 11.0 Å². The Morgan fingerprint density at radius 1 is 1.06 bits per heavy atom. The fourth-order valence-electron chi connectivity index (χ4n) is 3.03. The number of hydrogen-bond acceptors (Lipinski definition) is 4. The summed E-state index contributed by atoms with van der Waals surface area (Å²) in [4.78, 5) is 25.1. The molecule has 176 valence electrons. The van der Waals surface area contributed by atoms with Gasteiger partial charge in [-0.05, 0) is 71.6 Å². The van der Waals surface area contributed by atoms with Crippen LogP contribution in [0.15, 0.2) is 82.4 Å². The first kappa shape index (κ1) is 25.5. The molecule has 0 saturated carbocycles. The molecule has 0 aliphatic rings. The van der Waals surface area contributed by atoms with Crippen LogP contribution in [0.1, 0.15) is 35.3 Å². The van der Waals surface area contributed by atoms with Gasteiger partial charge >= 0.3 is 0 Å². The summed E-state index contributed by atoms with van der Waals surface area (Å²) in [6.45, 7) is 4.16. The summed E-state index contributed by atoms with van der Waals surface area (Å²) in [6, 6.07) is 21.1. The summed E-state index contributed by atoms with van der Waals surface area (Å²) < 4.78 is 6.81.